The van der Waals surface area contributed by atoms with Crippen molar-refractivity contribution in [2.24, 2.45) is 17.8 Å². The zero-order valence-corrected chi connectivity index (χ0v) is 23.9. The second-order valence-electron chi connectivity index (χ2n) is 10.8. The van der Waals surface area contributed by atoms with Crippen molar-refractivity contribution < 1.29 is 24.0 Å². The molecule has 210 valence electrons. The SMILES string of the molecule is CC(=O)C[C@H]1CSC(=O)[C@H](Cc2ccccc2)CC(=O)[C@H](CC(C)C)NC(=O)CCCCCCCNC1=O. The van der Waals surface area contributed by atoms with Crippen molar-refractivity contribution in [3.63, 3.8) is 0 Å². The van der Waals surface area contributed by atoms with E-state index in [4.69, 9.17) is 0 Å². The van der Waals surface area contributed by atoms with Crippen LogP contribution in [0, 0.1) is 17.8 Å². The van der Waals surface area contributed by atoms with Crippen LogP contribution < -0.4 is 10.6 Å². The predicted octanol–water partition coefficient (Wildman–Crippen LogP) is 4.66. The van der Waals surface area contributed by atoms with Crippen LogP contribution >= 0.6 is 11.8 Å². The molecule has 1 heterocycles. The molecule has 0 spiro atoms. The van der Waals surface area contributed by atoms with Crippen LogP contribution in [0.1, 0.15) is 84.1 Å². The number of hydrogen-bond acceptors (Lipinski definition) is 6. The van der Waals surface area contributed by atoms with Gasteiger partial charge in [0, 0.05) is 37.5 Å². The number of amides is 2. The average molecular weight is 545 g/mol. The number of hydrogen-bond donors (Lipinski definition) is 2. The molecule has 1 aliphatic heterocycles. The Kier molecular flexibility index (Phi) is 14.3. The van der Waals surface area contributed by atoms with Gasteiger partial charge >= 0.3 is 0 Å². The van der Waals surface area contributed by atoms with Gasteiger partial charge in [-0.25, -0.2) is 0 Å². The number of rotatable bonds is 6. The summed E-state index contributed by atoms with van der Waals surface area (Å²) < 4.78 is 0. The van der Waals surface area contributed by atoms with E-state index in [9.17, 15) is 24.0 Å². The van der Waals surface area contributed by atoms with E-state index in [1.165, 1.54) is 6.92 Å². The lowest BCUT2D eigenvalue weighted by atomic mass is 9.90. The Bertz CT molecular complexity index is 934. The predicted molar refractivity (Wildman–Crippen MR) is 152 cm³/mol. The Labute approximate surface area is 231 Å². The Morgan fingerprint density at radius 3 is 2.34 bits per heavy atom. The van der Waals surface area contributed by atoms with Crippen LogP contribution in [0.25, 0.3) is 0 Å². The highest BCUT2D eigenvalue weighted by molar-refractivity contribution is 8.13. The maximum atomic E-state index is 13.5. The van der Waals surface area contributed by atoms with E-state index in [1.54, 1.807) is 0 Å². The third-order valence-electron chi connectivity index (χ3n) is 6.75. The zero-order chi connectivity index (χ0) is 27.9. The van der Waals surface area contributed by atoms with Gasteiger partial charge in [0.1, 0.15) is 5.78 Å². The van der Waals surface area contributed by atoms with E-state index >= 15 is 0 Å². The molecule has 0 aromatic heterocycles. The van der Waals surface area contributed by atoms with E-state index in [0.29, 0.717) is 25.8 Å². The minimum atomic E-state index is -0.628. The number of thioether (sulfide) groups is 1. The van der Waals surface area contributed by atoms with Crippen molar-refractivity contribution in [2.75, 3.05) is 12.3 Å². The number of carbonyl (C=O) groups is 5. The fourth-order valence-electron chi connectivity index (χ4n) is 4.70. The number of carbonyl (C=O) groups excluding carboxylic acids is 5. The second-order valence-corrected chi connectivity index (χ2v) is 11.9. The Morgan fingerprint density at radius 1 is 0.974 bits per heavy atom. The molecule has 7 nitrogen and oxygen atoms in total. The number of Topliss-reactive ketones (excluding diaryl/α,β-unsaturated/α-hetero) is 2. The molecule has 2 rings (SSSR count). The minimum absolute atomic E-state index is 0.0158. The lowest BCUT2D eigenvalue weighted by Crippen LogP contribution is -2.42. The van der Waals surface area contributed by atoms with Crippen molar-refractivity contribution in [2.45, 2.75) is 91.0 Å². The second kappa shape index (κ2) is 17.2. The van der Waals surface area contributed by atoms with Gasteiger partial charge in [0.2, 0.25) is 11.8 Å². The van der Waals surface area contributed by atoms with Gasteiger partial charge in [0.15, 0.2) is 10.9 Å². The first kappa shape index (κ1) is 31.7. The standard InChI is InChI=1S/C30H44N2O5S/c1-21(2)16-26-27(34)19-24(18-23-12-8-7-9-13-23)30(37)38-20-25(17-22(3)33)29(36)31-15-11-6-4-5-10-14-28(35)32-26/h7-9,12-13,21,24-26H,4-6,10-11,14-20H2,1-3H3,(H,31,36)(H,32,35)/t24-,25+,26+/m1/s1. The molecule has 0 unspecified atom stereocenters. The molecule has 1 aromatic carbocycles. The third kappa shape index (κ3) is 12.4. The van der Waals surface area contributed by atoms with Crippen LogP contribution in [0.3, 0.4) is 0 Å². The summed E-state index contributed by atoms with van der Waals surface area (Å²) in [4.78, 5) is 64.2. The third-order valence-corrected chi connectivity index (χ3v) is 7.93. The first-order valence-electron chi connectivity index (χ1n) is 14.0. The van der Waals surface area contributed by atoms with E-state index in [2.05, 4.69) is 10.6 Å². The van der Waals surface area contributed by atoms with Gasteiger partial charge in [-0.05, 0) is 44.1 Å². The topological polar surface area (TPSA) is 109 Å². The van der Waals surface area contributed by atoms with Gasteiger partial charge in [0.25, 0.3) is 0 Å². The highest BCUT2D eigenvalue weighted by atomic mass is 32.2. The first-order valence-corrected chi connectivity index (χ1v) is 14.9. The van der Waals surface area contributed by atoms with E-state index in [0.717, 1.165) is 49.4 Å². The molecular weight excluding hydrogens is 500 g/mol. The van der Waals surface area contributed by atoms with Gasteiger partial charge in [0.05, 0.1) is 12.0 Å². The molecule has 1 aliphatic rings. The molecule has 38 heavy (non-hydrogen) atoms. The summed E-state index contributed by atoms with van der Waals surface area (Å²) in [5.41, 5.74) is 0.945. The number of ketones is 2. The Balaban J connectivity index is 2.27. The van der Waals surface area contributed by atoms with Gasteiger partial charge in [-0.1, -0.05) is 75.2 Å². The normalized spacial score (nSPS) is 23.6. The summed E-state index contributed by atoms with van der Waals surface area (Å²) in [6.07, 6.45) is 5.74. The summed E-state index contributed by atoms with van der Waals surface area (Å²) in [6, 6.07) is 8.92. The Hall–Kier alpha value is -2.48. The molecule has 0 bridgehead atoms. The summed E-state index contributed by atoms with van der Waals surface area (Å²) in [6.45, 7) is 6.00. The van der Waals surface area contributed by atoms with Crippen molar-refractivity contribution >= 4 is 40.3 Å². The molecule has 2 N–H and O–H groups in total. The lowest BCUT2D eigenvalue weighted by Gasteiger charge is -2.23. The van der Waals surface area contributed by atoms with Crippen molar-refractivity contribution in [1.82, 2.24) is 10.6 Å². The van der Waals surface area contributed by atoms with Crippen LogP contribution in [0.15, 0.2) is 30.3 Å². The molecule has 1 saturated heterocycles. The molecule has 8 heteroatoms. The van der Waals surface area contributed by atoms with Gasteiger partial charge in [-0.3, -0.25) is 19.2 Å². The summed E-state index contributed by atoms with van der Waals surface area (Å²) in [5, 5.41) is 5.70. The van der Waals surface area contributed by atoms with E-state index in [-0.39, 0.29) is 53.0 Å². The molecule has 2 amide bonds. The summed E-state index contributed by atoms with van der Waals surface area (Å²) in [5.74, 6) is -1.36. The fourth-order valence-corrected chi connectivity index (χ4v) is 5.74. The van der Waals surface area contributed by atoms with Crippen LogP contribution in [-0.4, -0.2) is 46.8 Å². The highest BCUT2D eigenvalue weighted by Gasteiger charge is 2.30. The maximum absolute atomic E-state index is 13.5. The molecule has 0 aliphatic carbocycles. The van der Waals surface area contributed by atoms with Crippen molar-refractivity contribution in [3.8, 4) is 0 Å². The molecule has 0 saturated carbocycles. The smallest absolute Gasteiger partial charge is 0.224 e. The molecule has 1 aromatic rings. The van der Waals surface area contributed by atoms with Crippen LogP contribution in [0.5, 0.6) is 0 Å². The fraction of sp³-hybridized carbons (Fsp3) is 0.633. The minimum Gasteiger partial charge on any atom is -0.356 e. The first-order chi connectivity index (χ1) is 18.2. The molecule has 0 radical (unpaired) electrons. The Morgan fingerprint density at radius 2 is 1.66 bits per heavy atom. The van der Waals surface area contributed by atoms with E-state index in [1.807, 2.05) is 44.2 Å². The maximum Gasteiger partial charge on any atom is 0.224 e. The largest absolute Gasteiger partial charge is 0.356 e. The molecule has 1 fully saturated rings. The van der Waals surface area contributed by atoms with Crippen LogP contribution in [0.2, 0.25) is 0 Å². The number of benzene rings is 1. The lowest BCUT2D eigenvalue weighted by molar-refractivity contribution is -0.129. The van der Waals surface area contributed by atoms with Crippen molar-refractivity contribution in [3.05, 3.63) is 35.9 Å². The molecular formula is C30H44N2O5S. The zero-order valence-electron chi connectivity index (χ0n) is 23.1. The summed E-state index contributed by atoms with van der Waals surface area (Å²) in [7, 11) is 0. The van der Waals surface area contributed by atoms with Gasteiger partial charge in [-0.15, -0.1) is 0 Å². The van der Waals surface area contributed by atoms with Gasteiger partial charge < -0.3 is 15.4 Å². The van der Waals surface area contributed by atoms with E-state index < -0.39 is 17.9 Å². The van der Waals surface area contributed by atoms with Gasteiger partial charge in [-0.2, -0.15) is 0 Å². The number of nitrogens with one attached hydrogen (secondary N) is 2. The van der Waals surface area contributed by atoms with Crippen molar-refractivity contribution in [1.29, 1.82) is 0 Å². The highest BCUT2D eigenvalue weighted by Crippen LogP contribution is 2.25. The molecule has 3 atom stereocenters. The van der Waals surface area contributed by atoms with Crippen LogP contribution in [0.4, 0.5) is 0 Å². The summed E-state index contributed by atoms with van der Waals surface area (Å²) >= 11 is 1.03. The average Bonchev–Trinajstić information content (AvgIpc) is 2.86. The van der Waals surface area contributed by atoms with Crippen LogP contribution in [-0.2, 0) is 30.4 Å². The quantitative estimate of drug-likeness (QED) is 0.539. The monoisotopic (exact) mass is 544 g/mol.